The normalized spacial score (nSPS) is 11.4. The van der Waals surface area contributed by atoms with Gasteiger partial charge in [0.15, 0.2) is 5.13 Å². The summed E-state index contributed by atoms with van der Waals surface area (Å²) >= 11 is 1.06. The number of pyridine rings is 3. The van der Waals surface area contributed by atoms with E-state index in [2.05, 4.69) is 30.5 Å². The zero-order chi connectivity index (χ0) is 24.6. The van der Waals surface area contributed by atoms with Crippen molar-refractivity contribution in [2.45, 2.75) is 19.8 Å². The molecule has 0 aliphatic heterocycles. The maximum Gasteiger partial charge on any atom is 0.224 e. The van der Waals surface area contributed by atoms with Crippen molar-refractivity contribution >= 4 is 44.9 Å². The number of hydrogen-bond acceptors (Lipinski definition) is 6. The minimum atomic E-state index is -0.252. The average molecular weight is 498 g/mol. The lowest BCUT2D eigenvalue weighted by Crippen LogP contribution is -2.10. The predicted molar refractivity (Wildman–Crippen MR) is 139 cm³/mol. The topological polar surface area (TPSA) is 112 Å². The summed E-state index contributed by atoms with van der Waals surface area (Å²) in [6.45, 7) is 1.96. The first-order valence-corrected chi connectivity index (χ1v) is 12.2. The summed E-state index contributed by atoms with van der Waals surface area (Å²) in [7, 11) is 0. The smallest absolute Gasteiger partial charge is 0.224 e. The van der Waals surface area contributed by atoms with E-state index in [-0.39, 0.29) is 11.0 Å². The summed E-state index contributed by atoms with van der Waals surface area (Å²) in [6.07, 6.45) is 6.26. The predicted octanol–water partition coefficient (Wildman–Crippen LogP) is 6.17. The molecule has 0 radical (unpaired) electrons. The van der Waals surface area contributed by atoms with Gasteiger partial charge in [0.25, 0.3) is 0 Å². The van der Waals surface area contributed by atoms with E-state index in [0.717, 1.165) is 50.3 Å². The highest BCUT2D eigenvalue weighted by Crippen LogP contribution is 2.35. The van der Waals surface area contributed by atoms with Crippen LogP contribution in [0, 0.1) is 5.13 Å². The van der Waals surface area contributed by atoms with Gasteiger partial charge in [0.1, 0.15) is 11.2 Å². The molecule has 6 aromatic rings. The van der Waals surface area contributed by atoms with Gasteiger partial charge in [-0.1, -0.05) is 6.92 Å². The Morgan fingerprint density at radius 1 is 1.08 bits per heavy atom. The molecule has 8 nitrogen and oxygen atoms in total. The van der Waals surface area contributed by atoms with Crippen LogP contribution in [0.4, 0.5) is 10.1 Å². The summed E-state index contributed by atoms with van der Waals surface area (Å²) < 4.78 is 13.7. The van der Waals surface area contributed by atoms with Crippen molar-refractivity contribution in [3.63, 3.8) is 0 Å². The van der Waals surface area contributed by atoms with Gasteiger partial charge in [-0.2, -0.15) is 9.49 Å². The summed E-state index contributed by atoms with van der Waals surface area (Å²) in [5.74, 6) is -0.0464. The number of rotatable bonds is 6. The number of nitrogens with one attached hydrogen (secondary N) is 3. The number of fused-ring (bicyclic) bond motifs is 2. The summed E-state index contributed by atoms with van der Waals surface area (Å²) in [6, 6.07) is 12.7. The van der Waals surface area contributed by atoms with E-state index in [1.807, 2.05) is 37.3 Å². The van der Waals surface area contributed by atoms with Crippen LogP contribution in [0.1, 0.15) is 19.8 Å². The Balaban J connectivity index is 1.40. The van der Waals surface area contributed by atoms with Crippen molar-refractivity contribution in [2.75, 3.05) is 5.32 Å². The minimum absolute atomic E-state index is 0.0464. The monoisotopic (exact) mass is 497 g/mol. The molecule has 0 bridgehead atoms. The minimum Gasteiger partial charge on any atom is -0.353 e. The van der Waals surface area contributed by atoms with Gasteiger partial charge >= 0.3 is 0 Å². The van der Waals surface area contributed by atoms with Crippen molar-refractivity contribution in [2.24, 2.45) is 0 Å². The van der Waals surface area contributed by atoms with Crippen LogP contribution < -0.4 is 5.32 Å². The molecule has 3 N–H and O–H groups in total. The van der Waals surface area contributed by atoms with E-state index in [4.69, 9.17) is 4.98 Å². The molecule has 6 heterocycles. The molecule has 0 saturated heterocycles. The number of thiophene rings is 1. The summed E-state index contributed by atoms with van der Waals surface area (Å²) in [5, 5.41) is 11.1. The largest absolute Gasteiger partial charge is 0.353 e. The molecule has 0 aliphatic carbocycles. The van der Waals surface area contributed by atoms with Crippen LogP contribution in [0.25, 0.3) is 55.2 Å². The number of carbonyl (C=O) groups is 1. The van der Waals surface area contributed by atoms with E-state index in [1.54, 1.807) is 24.7 Å². The molecule has 0 spiro atoms. The maximum absolute atomic E-state index is 13.7. The van der Waals surface area contributed by atoms with Crippen molar-refractivity contribution in [1.29, 1.82) is 0 Å². The molecule has 0 saturated carbocycles. The number of anilines is 1. The zero-order valence-corrected chi connectivity index (χ0v) is 20.0. The summed E-state index contributed by atoms with van der Waals surface area (Å²) in [5.41, 5.74) is 6.60. The Morgan fingerprint density at radius 2 is 2.00 bits per heavy atom. The van der Waals surface area contributed by atoms with Crippen LogP contribution in [0.15, 0.2) is 61.1 Å². The van der Waals surface area contributed by atoms with Crippen LogP contribution in [0.5, 0.6) is 0 Å². The molecule has 6 aromatic heterocycles. The molecule has 6 rings (SSSR count). The Morgan fingerprint density at radius 3 is 2.83 bits per heavy atom. The number of amides is 1. The lowest BCUT2D eigenvalue weighted by molar-refractivity contribution is -0.116. The van der Waals surface area contributed by atoms with E-state index in [9.17, 15) is 9.18 Å². The van der Waals surface area contributed by atoms with Gasteiger partial charge < -0.3 is 10.3 Å². The highest BCUT2D eigenvalue weighted by atomic mass is 32.1. The Kier molecular flexibility index (Phi) is 5.49. The van der Waals surface area contributed by atoms with Gasteiger partial charge in [-0.05, 0) is 48.9 Å². The van der Waals surface area contributed by atoms with E-state index in [1.165, 1.54) is 6.07 Å². The third-order valence-electron chi connectivity index (χ3n) is 5.81. The first kappa shape index (κ1) is 22.1. The second-order valence-corrected chi connectivity index (χ2v) is 9.37. The zero-order valence-electron chi connectivity index (χ0n) is 19.2. The number of aromatic amines is 2. The van der Waals surface area contributed by atoms with E-state index in [0.29, 0.717) is 34.7 Å². The third-order valence-corrected chi connectivity index (χ3v) is 6.69. The molecule has 178 valence electrons. The first-order valence-electron chi connectivity index (χ1n) is 11.4. The average Bonchev–Trinajstić information content (AvgIpc) is 3.61. The van der Waals surface area contributed by atoms with E-state index >= 15 is 0 Å². The van der Waals surface area contributed by atoms with Crippen LogP contribution in [-0.4, -0.2) is 36.0 Å². The third kappa shape index (κ3) is 4.01. The molecule has 1 amide bonds. The standard InChI is InChI=1S/C26H20FN7OS/c1-2-3-23(35)30-15-10-14(12-28-13-15)17-4-5-19-25(32-17)26(34-33-19)20-11-16-18(31-20)8-9-29-24(16)21-6-7-22(27)36-21/h4-13,31H,2-3H2,1H3,(H,30,35)(H,33,34). The lowest BCUT2D eigenvalue weighted by atomic mass is 10.1. The van der Waals surface area contributed by atoms with Crippen LogP contribution in [0.3, 0.4) is 0 Å². The van der Waals surface area contributed by atoms with Gasteiger partial charge in [0, 0.05) is 35.3 Å². The summed E-state index contributed by atoms with van der Waals surface area (Å²) in [4.78, 5) is 29.8. The lowest BCUT2D eigenvalue weighted by Gasteiger charge is -2.06. The van der Waals surface area contributed by atoms with Crippen LogP contribution in [0.2, 0.25) is 0 Å². The SMILES string of the molecule is CCCC(=O)Nc1cncc(-c2ccc3[nH]nc(-c4cc5c(-c6ccc(F)s6)nccc5[nH]4)c3n2)c1. The van der Waals surface area contributed by atoms with Crippen molar-refractivity contribution in [3.05, 3.63) is 66.2 Å². The highest BCUT2D eigenvalue weighted by Gasteiger charge is 2.17. The Labute approximate surface area is 208 Å². The van der Waals surface area contributed by atoms with E-state index < -0.39 is 0 Å². The van der Waals surface area contributed by atoms with Crippen molar-refractivity contribution < 1.29 is 9.18 Å². The fourth-order valence-corrected chi connectivity index (χ4v) is 4.91. The van der Waals surface area contributed by atoms with Crippen LogP contribution >= 0.6 is 11.3 Å². The van der Waals surface area contributed by atoms with Gasteiger partial charge in [-0.3, -0.25) is 19.9 Å². The number of hydrogen-bond donors (Lipinski definition) is 3. The number of nitrogens with zero attached hydrogens (tertiary/aromatic N) is 4. The quantitative estimate of drug-likeness (QED) is 0.255. The van der Waals surface area contributed by atoms with Gasteiger partial charge in [-0.25, -0.2) is 4.98 Å². The van der Waals surface area contributed by atoms with Crippen molar-refractivity contribution in [3.8, 4) is 33.2 Å². The first-order chi connectivity index (χ1) is 17.6. The molecule has 36 heavy (non-hydrogen) atoms. The Hall–Kier alpha value is -4.44. The van der Waals surface area contributed by atoms with Gasteiger partial charge in [0.05, 0.1) is 39.4 Å². The number of halogens is 1. The number of carbonyl (C=O) groups excluding carboxylic acids is 1. The number of aromatic nitrogens is 6. The molecule has 0 unspecified atom stereocenters. The molecular weight excluding hydrogens is 477 g/mol. The molecule has 10 heteroatoms. The highest BCUT2D eigenvalue weighted by molar-refractivity contribution is 7.13. The fraction of sp³-hybridized carbons (Fsp3) is 0.115. The molecule has 0 aliphatic rings. The Bertz CT molecular complexity index is 1740. The molecular formula is C26H20FN7OS. The van der Waals surface area contributed by atoms with Crippen molar-refractivity contribution in [1.82, 2.24) is 30.1 Å². The molecule has 0 atom stereocenters. The second kappa shape index (κ2) is 8.97. The van der Waals surface area contributed by atoms with Gasteiger partial charge in [-0.15, -0.1) is 11.3 Å². The molecule has 0 fully saturated rings. The van der Waals surface area contributed by atoms with Gasteiger partial charge in [0.2, 0.25) is 5.91 Å². The second-order valence-electron chi connectivity index (χ2n) is 8.33. The fourth-order valence-electron chi connectivity index (χ4n) is 4.17. The maximum atomic E-state index is 13.7. The molecule has 0 aromatic carbocycles. The van der Waals surface area contributed by atoms with Crippen LogP contribution in [-0.2, 0) is 4.79 Å². The number of H-pyrrole nitrogens is 2.